The molecule has 6 nitrogen and oxygen atoms in total. The van der Waals surface area contributed by atoms with Crippen molar-refractivity contribution in [2.45, 2.75) is 44.3 Å². The van der Waals surface area contributed by atoms with E-state index in [2.05, 4.69) is 15.6 Å². The molecule has 0 unspecified atom stereocenters. The lowest BCUT2D eigenvalue weighted by Gasteiger charge is -2.35. The normalized spacial score (nSPS) is 18.0. The molecule has 1 spiro atoms. The number of pyridine rings is 2. The molecule has 0 aromatic carbocycles. The van der Waals surface area contributed by atoms with Crippen LogP contribution in [0.4, 0.5) is 5.69 Å². The van der Waals surface area contributed by atoms with Crippen molar-refractivity contribution in [3.63, 3.8) is 0 Å². The van der Waals surface area contributed by atoms with Crippen molar-refractivity contribution < 1.29 is 4.79 Å². The van der Waals surface area contributed by atoms with Gasteiger partial charge in [0.1, 0.15) is 17.0 Å². The smallest absolute Gasteiger partial charge is 0.276 e. The summed E-state index contributed by atoms with van der Waals surface area (Å²) < 4.78 is 1.58. The molecular formula is C18H19ClN4O2. The third-order valence-electron chi connectivity index (χ3n) is 5.01. The van der Waals surface area contributed by atoms with E-state index >= 15 is 0 Å². The minimum Gasteiger partial charge on any atom is -0.375 e. The van der Waals surface area contributed by atoms with Gasteiger partial charge < -0.3 is 10.6 Å². The van der Waals surface area contributed by atoms with Crippen LogP contribution in [0.25, 0.3) is 0 Å². The van der Waals surface area contributed by atoms with E-state index in [0.717, 1.165) is 37.8 Å². The Kier molecular flexibility index (Phi) is 4.00. The van der Waals surface area contributed by atoms with Crippen LogP contribution in [-0.2, 0) is 12.2 Å². The van der Waals surface area contributed by atoms with Gasteiger partial charge in [-0.05, 0) is 43.9 Å². The van der Waals surface area contributed by atoms with Gasteiger partial charge in [0, 0.05) is 6.20 Å². The predicted octanol–water partition coefficient (Wildman–Crippen LogP) is 2.87. The summed E-state index contributed by atoms with van der Waals surface area (Å²) in [5.74, 6) is -0.264. The summed E-state index contributed by atoms with van der Waals surface area (Å²) in [7, 11) is 0. The Hall–Kier alpha value is -2.34. The average Bonchev–Trinajstić information content (AvgIpc) is 2.91. The van der Waals surface area contributed by atoms with E-state index < -0.39 is 5.66 Å². The number of fused-ring (bicyclic) bond motifs is 2. The molecule has 2 aliphatic rings. The fourth-order valence-electron chi connectivity index (χ4n) is 3.83. The van der Waals surface area contributed by atoms with E-state index in [0.29, 0.717) is 17.3 Å². The molecule has 1 aliphatic heterocycles. The molecule has 2 aromatic heterocycles. The van der Waals surface area contributed by atoms with Crippen LogP contribution in [0.3, 0.4) is 0 Å². The first kappa shape index (κ1) is 16.1. The third-order valence-corrected chi connectivity index (χ3v) is 5.30. The van der Waals surface area contributed by atoms with Gasteiger partial charge in [-0.2, -0.15) is 0 Å². The Balaban J connectivity index is 1.74. The Morgan fingerprint density at radius 3 is 2.76 bits per heavy atom. The number of amides is 1. The minimum atomic E-state index is -0.631. The number of rotatable bonds is 3. The zero-order valence-electron chi connectivity index (χ0n) is 13.7. The summed E-state index contributed by atoms with van der Waals surface area (Å²) >= 11 is 6.35. The van der Waals surface area contributed by atoms with Crippen molar-refractivity contribution in [3.8, 4) is 0 Å². The van der Waals surface area contributed by atoms with Crippen molar-refractivity contribution in [2.75, 3.05) is 5.32 Å². The van der Waals surface area contributed by atoms with Gasteiger partial charge in [-0.15, -0.1) is 0 Å². The lowest BCUT2D eigenvalue weighted by Crippen LogP contribution is -2.48. The standard InChI is InChI=1S/C18H19ClN4O2/c19-13-10-14(21-11-12-6-2-5-9-20-12)17(25)23-15(13)16(24)22-18(23)7-3-1-4-8-18/h2,5-6,9-10,21H,1,3-4,7-8,11H2,(H,22,24). The van der Waals surface area contributed by atoms with E-state index in [-0.39, 0.29) is 17.2 Å². The van der Waals surface area contributed by atoms with E-state index in [4.69, 9.17) is 11.6 Å². The SMILES string of the molecule is O=C1NC2(CCCCC2)n2c1c(Cl)cc(NCc1ccccn1)c2=O. The van der Waals surface area contributed by atoms with Crippen LogP contribution in [0.2, 0.25) is 5.02 Å². The molecule has 2 aromatic rings. The lowest BCUT2D eigenvalue weighted by molar-refractivity contribution is 0.0877. The van der Waals surface area contributed by atoms with Gasteiger partial charge in [-0.25, -0.2) is 0 Å². The van der Waals surface area contributed by atoms with Crippen molar-refractivity contribution in [3.05, 3.63) is 57.2 Å². The topological polar surface area (TPSA) is 76.0 Å². The van der Waals surface area contributed by atoms with E-state index in [1.54, 1.807) is 16.8 Å². The Morgan fingerprint density at radius 1 is 1.24 bits per heavy atom. The molecule has 25 heavy (non-hydrogen) atoms. The lowest BCUT2D eigenvalue weighted by atomic mass is 9.89. The van der Waals surface area contributed by atoms with Crippen LogP contribution < -0.4 is 16.2 Å². The van der Waals surface area contributed by atoms with E-state index in [1.807, 2.05) is 18.2 Å². The Morgan fingerprint density at radius 2 is 2.04 bits per heavy atom. The van der Waals surface area contributed by atoms with Gasteiger partial charge in [-0.3, -0.25) is 19.1 Å². The molecule has 0 bridgehead atoms. The number of hydrogen-bond donors (Lipinski definition) is 2. The first-order valence-electron chi connectivity index (χ1n) is 8.53. The highest BCUT2D eigenvalue weighted by Gasteiger charge is 2.45. The molecule has 1 fully saturated rings. The molecule has 0 saturated heterocycles. The molecule has 1 aliphatic carbocycles. The second kappa shape index (κ2) is 6.19. The van der Waals surface area contributed by atoms with Crippen molar-refractivity contribution in [1.82, 2.24) is 14.9 Å². The maximum absolute atomic E-state index is 13.1. The van der Waals surface area contributed by atoms with Crippen LogP contribution in [0.1, 0.15) is 48.3 Å². The molecular weight excluding hydrogens is 340 g/mol. The van der Waals surface area contributed by atoms with Gasteiger partial charge in [0.25, 0.3) is 11.5 Å². The summed E-state index contributed by atoms with van der Waals surface area (Å²) in [4.78, 5) is 29.7. The highest BCUT2D eigenvalue weighted by atomic mass is 35.5. The fraction of sp³-hybridized carbons (Fsp3) is 0.389. The van der Waals surface area contributed by atoms with Crippen molar-refractivity contribution >= 4 is 23.2 Å². The van der Waals surface area contributed by atoms with Gasteiger partial charge >= 0.3 is 0 Å². The number of anilines is 1. The van der Waals surface area contributed by atoms with E-state index in [1.165, 1.54) is 0 Å². The summed E-state index contributed by atoms with van der Waals surface area (Å²) in [6, 6.07) is 7.16. The second-order valence-electron chi connectivity index (χ2n) is 6.62. The number of hydrogen-bond acceptors (Lipinski definition) is 4. The molecule has 4 rings (SSSR count). The number of nitrogens with zero attached hydrogens (tertiary/aromatic N) is 2. The maximum Gasteiger partial charge on any atom is 0.276 e. The van der Waals surface area contributed by atoms with Crippen molar-refractivity contribution in [2.24, 2.45) is 0 Å². The summed E-state index contributed by atoms with van der Waals surface area (Å²) in [6.07, 6.45) is 6.30. The van der Waals surface area contributed by atoms with Crippen LogP contribution in [0.15, 0.2) is 35.3 Å². The molecule has 7 heteroatoms. The van der Waals surface area contributed by atoms with Gasteiger partial charge in [0.05, 0.1) is 17.3 Å². The highest BCUT2D eigenvalue weighted by Crippen LogP contribution is 2.38. The average molecular weight is 359 g/mol. The van der Waals surface area contributed by atoms with Crippen molar-refractivity contribution in [1.29, 1.82) is 0 Å². The minimum absolute atomic E-state index is 0.212. The Labute approximate surface area is 150 Å². The molecule has 0 radical (unpaired) electrons. The van der Waals surface area contributed by atoms with Crippen LogP contribution in [-0.4, -0.2) is 15.5 Å². The monoisotopic (exact) mass is 358 g/mol. The number of carbonyl (C=O) groups excluding carboxylic acids is 1. The van der Waals surface area contributed by atoms with Crippen LogP contribution in [0.5, 0.6) is 0 Å². The molecule has 130 valence electrons. The summed E-state index contributed by atoms with van der Waals surface area (Å²) in [6.45, 7) is 0.417. The van der Waals surface area contributed by atoms with Crippen LogP contribution in [0, 0.1) is 0 Å². The molecule has 2 N–H and O–H groups in total. The molecule has 0 atom stereocenters. The first-order chi connectivity index (χ1) is 12.1. The van der Waals surface area contributed by atoms with Gasteiger partial charge in [-0.1, -0.05) is 24.1 Å². The Bertz CT molecular complexity index is 873. The fourth-order valence-corrected chi connectivity index (χ4v) is 4.11. The maximum atomic E-state index is 13.1. The van der Waals surface area contributed by atoms with Crippen LogP contribution >= 0.6 is 11.6 Å². The molecule has 3 heterocycles. The van der Waals surface area contributed by atoms with Gasteiger partial charge in [0.2, 0.25) is 0 Å². The summed E-state index contributed by atoms with van der Waals surface area (Å²) in [5, 5.41) is 6.43. The largest absolute Gasteiger partial charge is 0.375 e. The quantitative estimate of drug-likeness (QED) is 0.884. The first-order valence-corrected chi connectivity index (χ1v) is 8.91. The highest BCUT2D eigenvalue weighted by molar-refractivity contribution is 6.34. The molecule has 1 amide bonds. The second-order valence-corrected chi connectivity index (χ2v) is 7.02. The zero-order valence-corrected chi connectivity index (χ0v) is 14.5. The summed E-state index contributed by atoms with van der Waals surface area (Å²) in [5.41, 5.74) is 0.646. The zero-order chi connectivity index (χ0) is 17.4. The number of carbonyl (C=O) groups is 1. The third kappa shape index (κ3) is 2.70. The predicted molar refractivity (Wildman–Crippen MR) is 95.8 cm³/mol. The van der Waals surface area contributed by atoms with E-state index in [9.17, 15) is 9.59 Å². The van der Waals surface area contributed by atoms with Gasteiger partial charge in [0.15, 0.2) is 0 Å². The number of halogens is 1. The number of aromatic nitrogens is 2. The number of nitrogens with one attached hydrogen (secondary N) is 2. The molecule has 1 saturated carbocycles.